The number of benzene rings is 1. The van der Waals surface area contributed by atoms with Gasteiger partial charge in [-0.1, -0.05) is 6.92 Å². The molecule has 2 aromatic rings. The molecule has 1 saturated heterocycles. The highest BCUT2D eigenvalue weighted by molar-refractivity contribution is 6.02. The lowest BCUT2D eigenvalue weighted by molar-refractivity contribution is -0.120. The molecule has 0 saturated carbocycles. The molecule has 0 unspecified atom stereocenters. The molecule has 1 aliphatic rings. The molecule has 3 N–H and O–H groups in total. The molecule has 3 rings (SSSR count). The first-order chi connectivity index (χ1) is 11.1. The van der Waals surface area contributed by atoms with Crippen molar-refractivity contribution in [2.75, 3.05) is 23.7 Å². The number of carbonyl (C=O) groups is 2. The summed E-state index contributed by atoms with van der Waals surface area (Å²) in [6.45, 7) is 3.65. The monoisotopic (exact) mass is 313 g/mol. The fraction of sp³-hybridized carbons (Fsp3) is 0.294. The van der Waals surface area contributed by atoms with Gasteiger partial charge in [-0.15, -0.1) is 0 Å². The average Bonchev–Trinajstić information content (AvgIpc) is 3.20. The molecule has 120 valence electrons. The molecule has 0 bridgehead atoms. The van der Waals surface area contributed by atoms with E-state index in [0.29, 0.717) is 23.8 Å². The first kappa shape index (κ1) is 15.3. The van der Waals surface area contributed by atoms with Crippen LogP contribution in [-0.4, -0.2) is 24.9 Å². The maximum Gasteiger partial charge on any atom is 0.291 e. The summed E-state index contributed by atoms with van der Waals surface area (Å²) in [5.74, 6) is 0.299. The number of nitrogens with one attached hydrogen (secondary N) is 3. The van der Waals surface area contributed by atoms with Crippen LogP contribution >= 0.6 is 0 Å². The second-order valence-electron chi connectivity index (χ2n) is 5.74. The minimum Gasteiger partial charge on any atom is -0.459 e. The molecule has 1 fully saturated rings. The highest BCUT2D eigenvalue weighted by Gasteiger charge is 2.29. The number of hydrogen-bond acceptors (Lipinski definition) is 4. The SMILES string of the molecule is C[C@@H]1CNC[C@H]1C(=O)Nc1ccc(NC(=O)c2ccco2)cc1. The standard InChI is InChI=1S/C17H19N3O3/c1-11-9-18-10-14(11)16(21)19-12-4-6-13(7-5-12)20-17(22)15-3-2-8-23-15/h2-8,11,14,18H,9-10H2,1H3,(H,19,21)(H,20,22)/t11-,14-/m1/s1. The summed E-state index contributed by atoms with van der Waals surface area (Å²) < 4.78 is 5.04. The van der Waals surface area contributed by atoms with E-state index < -0.39 is 0 Å². The number of furan rings is 1. The average molecular weight is 313 g/mol. The van der Waals surface area contributed by atoms with E-state index in [1.807, 2.05) is 0 Å². The van der Waals surface area contributed by atoms with Crippen molar-refractivity contribution in [1.29, 1.82) is 0 Å². The van der Waals surface area contributed by atoms with Crippen LogP contribution in [0.4, 0.5) is 11.4 Å². The van der Waals surface area contributed by atoms with Gasteiger partial charge in [0.1, 0.15) is 0 Å². The van der Waals surface area contributed by atoms with Gasteiger partial charge in [-0.2, -0.15) is 0 Å². The predicted molar refractivity (Wildman–Crippen MR) is 87.3 cm³/mol. The Hall–Kier alpha value is -2.60. The Morgan fingerprint density at radius 1 is 1.09 bits per heavy atom. The van der Waals surface area contributed by atoms with Crippen molar-refractivity contribution in [3.63, 3.8) is 0 Å². The molecule has 0 radical (unpaired) electrons. The zero-order valence-corrected chi connectivity index (χ0v) is 12.8. The van der Waals surface area contributed by atoms with Crippen LogP contribution in [0.1, 0.15) is 17.5 Å². The summed E-state index contributed by atoms with van der Waals surface area (Å²) >= 11 is 0. The third kappa shape index (κ3) is 3.60. The van der Waals surface area contributed by atoms with Crippen molar-refractivity contribution in [3.05, 3.63) is 48.4 Å². The highest BCUT2D eigenvalue weighted by Crippen LogP contribution is 2.20. The molecular formula is C17H19N3O3. The highest BCUT2D eigenvalue weighted by atomic mass is 16.3. The van der Waals surface area contributed by atoms with Crippen LogP contribution < -0.4 is 16.0 Å². The van der Waals surface area contributed by atoms with E-state index in [-0.39, 0.29) is 23.5 Å². The molecule has 0 aliphatic carbocycles. The maximum absolute atomic E-state index is 12.2. The van der Waals surface area contributed by atoms with Gasteiger partial charge in [0.2, 0.25) is 5.91 Å². The van der Waals surface area contributed by atoms with Gasteiger partial charge < -0.3 is 20.4 Å². The largest absolute Gasteiger partial charge is 0.459 e. The second kappa shape index (κ2) is 6.66. The Kier molecular flexibility index (Phi) is 4.43. The Morgan fingerprint density at radius 3 is 2.35 bits per heavy atom. The van der Waals surface area contributed by atoms with E-state index in [4.69, 9.17) is 4.42 Å². The molecule has 23 heavy (non-hydrogen) atoms. The minimum atomic E-state index is -0.308. The Bertz CT molecular complexity index is 680. The lowest BCUT2D eigenvalue weighted by Gasteiger charge is -2.14. The van der Waals surface area contributed by atoms with Gasteiger partial charge >= 0.3 is 0 Å². The maximum atomic E-state index is 12.2. The van der Waals surface area contributed by atoms with Crippen LogP contribution in [0.15, 0.2) is 47.1 Å². The van der Waals surface area contributed by atoms with Crippen LogP contribution in [0.25, 0.3) is 0 Å². The van der Waals surface area contributed by atoms with Crippen LogP contribution in [0, 0.1) is 11.8 Å². The summed E-state index contributed by atoms with van der Waals surface area (Å²) in [6, 6.07) is 10.3. The number of amides is 2. The van der Waals surface area contributed by atoms with E-state index in [2.05, 4.69) is 22.9 Å². The molecule has 2 amide bonds. The Balaban J connectivity index is 1.59. The van der Waals surface area contributed by atoms with Gasteiger partial charge in [-0.3, -0.25) is 9.59 Å². The van der Waals surface area contributed by atoms with Crippen LogP contribution in [0.2, 0.25) is 0 Å². The van der Waals surface area contributed by atoms with Crippen molar-refractivity contribution in [2.45, 2.75) is 6.92 Å². The molecule has 1 aromatic carbocycles. The van der Waals surface area contributed by atoms with Crippen molar-refractivity contribution >= 4 is 23.2 Å². The zero-order valence-electron chi connectivity index (χ0n) is 12.8. The fourth-order valence-electron chi connectivity index (χ4n) is 2.63. The van der Waals surface area contributed by atoms with E-state index >= 15 is 0 Å². The number of hydrogen-bond donors (Lipinski definition) is 3. The van der Waals surface area contributed by atoms with Gasteiger partial charge in [0, 0.05) is 17.9 Å². The van der Waals surface area contributed by atoms with Gasteiger partial charge in [0.15, 0.2) is 5.76 Å². The van der Waals surface area contributed by atoms with Crippen molar-refractivity contribution in [1.82, 2.24) is 5.32 Å². The topological polar surface area (TPSA) is 83.4 Å². The summed E-state index contributed by atoms with van der Waals surface area (Å²) in [5.41, 5.74) is 1.35. The van der Waals surface area contributed by atoms with Crippen LogP contribution in [-0.2, 0) is 4.79 Å². The number of carbonyl (C=O) groups excluding carboxylic acids is 2. The molecule has 6 heteroatoms. The van der Waals surface area contributed by atoms with Crippen LogP contribution in [0.5, 0.6) is 0 Å². The molecule has 2 atom stereocenters. The Morgan fingerprint density at radius 2 is 1.78 bits per heavy atom. The molecule has 2 heterocycles. The smallest absolute Gasteiger partial charge is 0.291 e. The molecule has 6 nitrogen and oxygen atoms in total. The minimum absolute atomic E-state index is 0.00617. The number of anilines is 2. The number of rotatable bonds is 4. The summed E-state index contributed by atoms with van der Waals surface area (Å²) in [6.07, 6.45) is 1.45. The van der Waals surface area contributed by atoms with Crippen LogP contribution in [0.3, 0.4) is 0 Å². The lowest BCUT2D eigenvalue weighted by Crippen LogP contribution is -2.27. The van der Waals surface area contributed by atoms with Crippen molar-refractivity contribution in [2.24, 2.45) is 11.8 Å². The molecule has 1 aliphatic heterocycles. The summed E-state index contributed by atoms with van der Waals surface area (Å²) in [7, 11) is 0. The fourth-order valence-corrected chi connectivity index (χ4v) is 2.63. The first-order valence-electron chi connectivity index (χ1n) is 7.60. The van der Waals surface area contributed by atoms with Crippen molar-refractivity contribution in [3.8, 4) is 0 Å². The first-order valence-corrected chi connectivity index (χ1v) is 7.60. The molecule has 0 spiro atoms. The molecule has 1 aromatic heterocycles. The van der Waals surface area contributed by atoms with E-state index in [1.54, 1.807) is 36.4 Å². The van der Waals surface area contributed by atoms with E-state index in [1.165, 1.54) is 6.26 Å². The van der Waals surface area contributed by atoms with Gasteiger partial charge in [0.25, 0.3) is 5.91 Å². The van der Waals surface area contributed by atoms with Gasteiger partial charge in [0.05, 0.1) is 12.2 Å². The van der Waals surface area contributed by atoms with E-state index in [9.17, 15) is 9.59 Å². The Labute approximate surface area is 134 Å². The van der Waals surface area contributed by atoms with Gasteiger partial charge in [-0.05, 0) is 48.9 Å². The summed E-state index contributed by atoms with van der Waals surface area (Å²) in [5, 5.41) is 8.86. The predicted octanol–water partition coefficient (Wildman–Crippen LogP) is 2.33. The third-order valence-corrected chi connectivity index (χ3v) is 4.01. The quantitative estimate of drug-likeness (QED) is 0.809. The summed E-state index contributed by atoms with van der Waals surface area (Å²) in [4.78, 5) is 24.1. The lowest BCUT2D eigenvalue weighted by atomic mass is 9.97. The van der Waals surface area contributed by atoms with E-state index in [0.717, 1.165) is 6.54 Å². The van der Waals surface area contributed by atoms with Gasteiger partial charge in [-0.25, -0.2) is 0 Å². The third-order valence-electron chi connectivity index (χ3n) is 4.01. The normalized spacial score (nSPS) is 20.2. The molecular weight excluding hydrogens is 294 g/mol. The second-order valence-corrected chi connectivity index (χ2v) is 5.74. The zero-order chi connectivity index (χ0) is 16.2. The van der Waals surface area contributed by atoms with Crippen molar-refractivity contribution < 1.29 is 14.0 Å².